The number of benzene rings is 1. The van der Waals surface area contributed by atoms with Crippen molar-refractivity contribution in [3.05, 3.63) is 34.9 Å². The van der Waals surface area contributed by atoms with Crippen molar-refractivity contribution in [2.45, 2.75) is 83.7 Å². The van der Waals surface area contributed by atoms with Crippen LogP contribution in [0.3, 0.4) is 0 Å². The molecule has 0 radical (unpaired) electrons. The third-order valence-electron chi connectivity index (χ3n) is 7.00. The van der Waals surface area contributed by atoms with Gasteiger partial charge in [-0.3, -0.25) is 4.79 Å². The highest BCUT2D eigenvalue weighted by Gasteiger charge is 2.46. The average molecular weight is 371 g/mol. The zero-order chi connectivity index (χ0) is 18.9. The number of cyclic esters (lactones) is 1. The van der Waals surface area contributed by atoms with Crippen LogP contribution in [0.2, 0.25) is 0 Å². The first kappa shape index (κ1) is 19.0. The van der Waals surface area contributed by atoms with E-state index < -0.39 is 0 Å². The number of aryl methyl sites for hydroxylation is 1. The Bertz CT molecular complexity index is 680. The van der Waals surface area contributed by atoms with Crippen molar-refractivity contribution >= 4 is 5.97 Å². The third-order valence-corrected chi connectivity index (χ3v) is 7.00. The molecule has 3 aliphatic rings. The Kier molecular flexibility index (Phi) is 5.59. The third kappa shape index (κ3) is 4.39. The summed E-state index contributed by atoms with van der Waals surface area (Å²) >= 11 is 0. The lowest BCUT2D eigenvalue weighted by Crippen LogP contribution is -2.17. The normalized spacial score (nSPS) is 30.1. The van der Waals surface area contributed by atoms with Crippen molar-refractivity contribution in [2.24, 2.45) is 11.3 Å². The van der Waals surface area contributed by atoms with Crippen molar-refractivity contribution < 1.29 is 14.3 Å². The summed E-state index contributed by atoms with van der Waals surface area (Å²) in [6.07, 6.45) is 10.7. The van der Waals surface area contributed by atoms with Crippen LogP contribution in [0.4, 0.5) is 0 Å². The molecule has 4 rings (SSSR count). The molecule has 1 aliphatic heterocycles. The Labute approximate surface area is 163 Å². The molecule has 1 heterocycles. The molecule has 3 heteroatoms. The minimum Gasteiger partial charge on any atom is -0.465 e. The van der Waals surface area contributed by atoms with Gasteiger partial charge in [0.1, 0.15) is 0 Å². The first-order chi connectivity index (χ1) is 13.0. The molecule has 1 spiro atoms. The zero-order valence-electron chi connectivity index (χ0n) is 17.0. The highest BCUT2D eigenvalue weighted by molar-refractivity contribution is 5.72. The second kappa shape index (κ2) is 7.95. The highest BCUT2D eigenvalue weighted by Crippen LogP contribution is 2.51. The van der Waals surface area contributed by atoms with Crippen molar-refractivity contribution in [3.8, 4) is 0 Å². The molecule has 1 saturated carbocycles. The summed E-state index contributed by atoms with van der Waals surface area (Å²) in [5.41, 5.74) is 4.77. The zero-order valence-corrected chi connectivity index (χ0v) is 17.0. The van der Waals surface area contributed by atoms with Crippen molar-refractivity contribution in [3.63, 3.8) is 0 Å². The van der Waals surface area contributed by atoms with Gasteiger partial charge in [-0.1, -0.05) is 18.2 Å². The molecule has 0 aromatic heterocycles. The van der Waals surface area contributed by atoms with Crippen LogP contribution in [0, 0.1) is 11.3 Å². The van der Waals surface area contributed by atoms with Crippen LogP contribution in [0.25, 0.3) is 0 Å². The lowest BCUT2D eigenvalue weighted by Gasteiger charge is -2.26. The molecule has 3 nitrogen and oxygen atoms in total. The molecule has 0 amide bonds. The molecule has 3 atom stereocenters. The first-order valence-corrected chi connectivity index (χ1v) is 10.9. The summed E-state index contributed by atoms with van der Waals surface area (Å²) in [7, 11) is 0. The summed E-state index contributed by atoms with van der Waals surface area (Å²) in [6.45, 7) is 5.77. The molecule has 2 fully saturated rings. The largest absolute Gasteiger partial charge is 0.465 e. The van der Waals surface area contributed by atoms with Gasteiger partial charge < -0.3 is 9.47 Å². The fraction of sp³-hybridized carbons (Fsp3) is 0.708. The Hall–Kier alpha value is -1.35. The fourth-order valence-corrected chi connectivity index (χ4v) is 5.47. The molecule has 148 valence electrons. The smallest absolute Gasteiger partial charge is 0.306 e. The molecular formula is C24H34O3. The Morgan fingerprint density at radius 1 is 1.26 bits per heavy atom. The molecule has 27 heavy (non-hydrogen) atoms. The van der Waals surface area contributed by atoms with Gasteiger partial charge in [0.15, 0.2) is 0 Å². The summed E-state index contributed by atoms with van der Waals surface area (Å²) in [4.78, 5) is 11.6. The lowest BCUT2D eigenvalue weighted by atomic mass is 9.79. The molecule has 2 aliphatic carbocycles. The molecule has 0 N–H and O–H groups in total. The number of ether oxygens (including phenoxy) is 2. The Balaban J connectivity index is 1.33. The van der Waals surface area contributed by atoms with Gasteiger partial charge in [-0.2, -0.15) is 0 Å². The Morgan fingerprint density at radius 3 is 2.93 bits per heavy atom. The van der Waals surface area contributed by atoms with E-state index in [0.29, 0.717) is 25.0 Å². The second-order valence-corrected chi connectivity index (χ2v) is 9.48. The van der Waals surface area contributed by atoms with Gasteiger partial charge >= 0.3 is 5.97 Å². The van der Waals surface area contributed by atoms with E-state index in [9.17, 15) is 4.79 Å². The first-order valence-electron chi connectivity index (χ1n) is 10.9. The number of carbonyl (C=O) groups excluding carboxylic acids is 1. The number of rotatable bonds is 6. The van der Waals surface area contributed by atoms with Crippen LogP contribution in [-0.2, 0) is 27.1 Å². The predicted octanol–water partition coefficient (Wildman–Crippen LogP) is 5.20. The quantitative estimate of drug-likeness (QED) is 0.510. The maximum absolute atomic E-state index is 11.6. The van der Waals surface area contributed by atoms with Crippen molar-refractivity contribution in [1.29, 1.82) is 0 Å². The van der Waals surface area contributed by atoms with Gasteiger partial charge in [-0.05, 0) is 93.7 Å². The van der Waals surface area contributed by atoms with Gasteiger partial charge in [-0.25, -0.2) is 0 Å². The molecule has 0 unspecified atom stereocenters. The number of esters is 1. The summed E-state index contributed by atoms with van der Waals surface area (Å²) in [5, 5.41) is 0. The van der Waals surface area contributed by atoms with Crippen LogP contribution in [-0.4, -0.2) is 25.3 Å². The van der Waals surface area contributed by atoms with Gasteiger partial charge in [0, 0.05) is 12.0 Å². The maximum Gasteiger partial charge on any atom is 0.306 e. The maximum atomic E-state index is 11.6. The standard InChI is InChI=1S/C24H34O3/c1-17(2)26-11-3-4-18-5-6-20-13-21(8-7-19(20)12-18)22-9-10-24(14-22)15-23(25)27-16-24/h7-8,13,17-18,22H,3-6,9-12,14-16H2,1-2H3/t18-,22+,24+/m1/s1. The summed E-state index contributed by atoms with van der Waals surface area (Å²) in [6, 6.07) is 7.24. The molecule has 0 bridgehead atoms. The van der Waals surface area contributed by atoms with E-state index in [1.807, 2.05) is 0 Å². The van der Waals surface area contributed by atoms with Crippen LogP contribution < -0.4 is 0 Å². The number of fused-ring (bicyclic) bond motifs is 1. The van der Waals surface area contributed by atoms with E-state index in [1.54, 1.807) is 11.1 Å². The van der Waals surface area contributed by atoms with E-state index >= 15 is 0 Å². The average Bonchev–Trinajstić information content (AvgIpc) is 3.24. The SMILES string of the molecule is CC(C)OCCC[C@@H]1CCc2cc([C@H]3CC[C@]4(COC(=O)C4)C3)ccc2C1. The molecular weight excluding hydrogens is 336 g/mol. The Morgan fingerprint density at radius 2 is 2.15 bits per heavy atom. The van der Waals surface area contributed by atoms with Crippen LogP contribution in [0.5, 0.6) is 0 Å². The van der Waals surface area contributed by atoms with E-state index in [-0.39, 0.29) is 11.4 Å². The summed E-state index contributed by atoms with van der Waals surface area (Å²) < 4.78 is 11.0. The van der Waals surface area contributed by atoms with Crippen molar-refractivity contribution in [2.75, 3.05) is 13.2 Å². The van der Waals surface area contributed by atoms with E-state index in [1.165, 1.54) is 44.1 Å². The minimum atomic E-state index is 0.00549. The van der Waals surface area contributed by atoms with Crippen LogP contribution in [0.1, 0.15) is 81.4 Å². The number of hydrogen-bond donors (Lipinski definition) is 0. The number of carbonyl (C=O) groups is 1. The van der Waals surface area contributed by atoms with E-state index in [4.69, 9.17) is 9.47 Å². The van der Waals surface area contributed by atoms with Gasteiger partial charge in [-0.15, -0.1) is 0 Å². The fourth-order valence-electron chi connectivity index (χ4n) is 5.47. The monoisotopic (exact) mass is 370 g/mol. The highest BCUT2D eigenvalue weighted by atomic mass is 16.5. The molecule has 1 aromatic carbocycles. The molecule has 1 aromatic rings. The minimum absolute atomic E-state index is 0.00549. The predicted molar refractivity (Wildman–Crippen MR) is 107 cm³/mol. The van der Waals surface area contributed by atoms with Crippen LogP contribution >= 0.6 is 0 Å². The van der Waals surface area contributed by atoms with Gasteiger partial charge in [0.05, 0.1) is 19.1 Å². The summed E-state index contributed by atoms with van der Waals surface area (Å²) in [5.74, 6) is 1.43. The van der Waals surface area contributed by atoms with Gasteiger partial charge in [0.2, 0.25) is 0 Å². The van der Waals surface area contributed by atoms with Crippen molar-refractivity contribution in [1.82, 2.24) is 0 Å². The van der Waals surface area contributed by atoms with E-state index in [0.717, 1.165) is 25.4 Å². The van der Waals surface area contributed by atoms with Crippen LogP contribution in [0.15, 0.2) is 18.2 Å². The van der Waals surface area contributed by atoms with Gasteiger partial charge in [0.25, 0.3) is 0 Å². The second-order valence-electron chi connectivity index (χ2n) is 9.48. The topological polar surface area (TPSA) is 35.5 Å². The number of hydrogen-bond acceptors (Lipinski definition) is 3. The molecule has 1 saturated heterocycles. The van der Waals surface area contributed by atoms with E-state index in [2.05, 4.69) is 32.0 Å². The lowest BCUT2D eigenvalue weighted by molar-refractivity contribution is -0.137.